The lowest BCUT2D eigenvalue weighted by Gasteiger charge is -2.18. The molecule has 0 aliphatic rings. The fraction of sp³-hybridized carbons (Fsp3) is 0.889. The Morgan fingerprint density at radius 3 is 2.67 bits per heavy atom. The minimum absolute atomic E-state index is 0.877. The summed E-state index contributed by atoms with van der Waals surface area (Å²) in [6.07, 6.45) is 1.17. The number of nitrogens with zero attached hydrogens (tertiary/aromatic N) is 2. The largest absolute Gasteiger partial charge is 0.364 e. The van der Waals surface area contributed by atoms with Crippen molar-refractivity contribution in [2.24, 2.45) is 4.99 Å². The number of rotatable bonds is 5. The molecule has 0 aliphatic heterocycles. The molecule has 0 aromatic carbocycles. The molecule has 0 radical (unpaired) electrons. The Morgan fingerprint density at radius 2 is 2.17 bits per heavy atom. The van der Waals surface area contributed by atoms with E-state index in [-0.39, 0.29) is 0 Å². The molecule has 0 spiro atoms. The summed E-state index contributed by atoms with van der Waals surface area (Å²) in [5.41, 5.74) is 0. The first kappa shape index (κ1) is 11.4. The van der Waals surface area contributed by atoms with E-state index < -0.39 is 0 Å². The Morgan fingerprint density at radius 1 is 1.50 bits per heavy atom. The van der Waals surface area contributed by atoms with Crippen molar-refractivity contribution in [3.63, 3.8) is 0 Å². The highest BCUT2D eigenvalue weighted by Crippen LogP contribution is 1.89. The van der Waals surface area contributed by atoms with E-state index >= 15 is 0 Å². The smallest absolute Gasteiger partial charge is 0.0954 e. The van der Waals surface area contributed by atoms with E-state index in [1.165, 1.54) is 6.42 Å². The summed E-state index contributed by atoms with van der Waals surface area (Å²) in [5.74, 6) is 1.13. The van der Waals surface area contributed by atoms with E-state index in [1.807, 2.05) is 7.05 Å². The third-order valence-electron chi connectivity index (χ3n) is 1.86. The van der Waals surface area contributed by atoms with Crippen molar-refractivity contribution in [1.82, 2.24) is 10.2 Å². The van der Waals surface area contributed by atoms with Crippen LogP contribution in [-0.4, -0.2) is 44.5 Å². The molecule has 0 heterocycles. The molecule has 72 valence electrons. The maximum Gasteiger partial charge on any atom is 0.0954 e. The Labute approximate surface area is 75.9 Å². The van der Waals surface area contributed by atoms with Gasteiger partial charge in [0.25, 0.3) is 0 Å². The molecule has 12 heavy (non-hydrogen) atoms. The van der Waals surface area contributed by atoms with Gasteiger partial charge in [0, 0.05) is 20.1 Å². The first-order chi connectivity index (χ1) is 5.72. The van der Waals surface area contributed by atoms with E-state index in [1.54, 1.807) is 0 Å². The second-order valence-corrected chi connectivity index (χ2v) is 2.90. The number of aliphatic imine (C=N–C) groups is 1. The molecule has 0 aromatic rings. The molecule has 0 unspecified atom stereocenters. The van der Waals surface area contributed by atoms with Crippen LogP contribution in [0.4, 0.5) is 0 Å². The van der Waals surface area contributed by atoms with Gasteiger partial charge in [-0.1, -0.05) is 0 Å². The van der Waals surface area contributed by atoms with Crippen LogP contribution in [0.25, 0.3) is 0 Å². The molecule has 0 rings (SSSR count). The molecule has 0 atom stereocenters. The highest BCUT2D eigenvalue weighted by atomic mass is 15.2. The normalized spacial score (nSPS) is 11.8. The van der Waals surface area contributed by atoms with E-state index in [0.29, 0.717) is 0 Å². The van der Waals surface area contributed by atoms with Crippen molar-refractivity contribution < 1.29 is 0 Å². The average molecular weight is 171 g/mol. The molecule has 1 N–H and O–H groups in total. The number of hydrogen-bond acceptors (Lipinski definition) is 2. The van der Waals surface area contributed by atoms with Crippen LogP contribution in [0, 0.1) is 0 Å². The molecular weight excluding hydrogens is 150 g/mol. The molecule has 0 aliphatic carbocycles. The zero-order valence-corrected chi connectivity index (χ0v) is 8.72. The van der Waals surface area contributed by atoms with Crippen molar-refractivity contribution in [3.8, 4) is 0 Å². The van der Waals surface area contributed by atoms with Crippen LogP contribution in [0.3, 0.4) is 0 Å². The summed E-state index contributed by atoms with van der Waals surface area (Å²) in [5, 5.41) is 3.13. The molecule has 0 fully saturated rings. The highest BCUT2D eigenvalue weighted by Gasteiger charge is 1.97. The van der Waals surface area contributed by atoms with Gasteiger partial charge in [0.2, 0.25) is 0 Å². The van der Waals surface area contributed by atoms with Gasteiger partial charge in [0.15, 0.2) is 0 Å². The lowest BCUT2D eigenvalue weighted by molar-refractivity contribution is 0.478. The predicted molar refractivity (Wildman–Crippen MR) is 54.8 cm³/mol. The summed E-state index contributed by atoms with van der Waals surface area (Å²) in [6, 6.07) is 0. The van der Waals surface area contributed by atoms with E-state index in [4.69, 9.17) is 0 Å². The fourth-order valence-electron chi connectivity index (χ4n) is 1.00. The highest BCUT2D eigenvalue weighted by molar-refractivity contribution is 5.79. The molecule has 0 amide bonds. The Kier molecular flexibility index (Phi) is 6.76. The zero-order chi connectivity index (χ0) is 9.40. The summed E-state index contributed by atoms with van der Waals surface area (Å²) in [4.78, 5) is 6.52. The Hall–Kier alpha value is -0.570. The standard InChI is InChI=1S/C9H21N3/c1-5-11-9(2)12(4)8-6-7-10-3/h10H,5-8H2,1-4H3. The van der Waals surface area contributed by atoms with Gasteiger partial charge >= 0.3 is 0 Å². The van der Waals surface area contributed by atoms with Crippen LogP contribution < -0.4 is 5.32 Å². The molecular formula is C9H21N3. The number of nitrogens with one attached hydrogen (secondary N) is 1. The third-order valence-corrected chi connectivity index (χ3v) is 1.86. The summed E-state index contributed by atoms with van der Waals surface area (Å²) in [7, 11) is 4.07. The van der Waals surface area contributed by atoms with Crippen LogP contribution in [0.5, 0.6) is 0 Å². The van der Waals surface area contributed by atoms with Gasteiger partial charge in [-0.25, -0.2) is 0 Å². The van der Waals surface area contributed by atoms with E-state index in [9.17, 15) is 0 Å². The predicted octanol–water partition coefficient (Wildman–Crippen LogP) is 0.966. The fourth-order valence-corrected chi connectivity index (χ4v) is 1.00. The molecule has 0 saturated carbocycles. The lowest BCUT2D eigenvalue weighted by atomic mass is 10.4. The van der Waals surface area contributed by atoms with Crippen molar-refractivity contribution in [3.05, 3.63) is 0 Å². The monoisotopic (exact) mass is 171 g/mol. The average Bonchev–Trinajstić information content (AvgIpc) is 2.05. The van der Waals surface area contributed by atoms with Crippen LogP contribution in [0.2, 0.25) is 0 Å². The molecule has 0 aromatic heterocycles. The van der Waals surface area contributed by atoms with Crippen molar-refractivity contribution in [2.75, 3.05) is 33.7 Å². The van der Waals surface area contributed by atoms with Crippen LogP contribution in [0.1, 0.15) is 20.3 Å². The summed E-state index contributed by atoms with van der Waals surface area (Å²) < 4.78 is 0. The number of amidine groups is 1. The second-order valence-electron chi connectivity index (χ2n) is 2.90. The van der Waals surface area contributed by atoms with Crippen molar-refractivity contribution >= 4 is 5.84 Å². The van der Waals surface area contributed by atoms with Crippen LogP contribution in [0.15, 0.2) is 4.99 Å². The van der Waals surface area contributed by atoms with Crippen LogP contribution >= 0.6 is 0 Å². The minimum atomic E-state index is 0.877. The van der Waals surface area contributed by atoms with Gasteiger partial charge in [0.05, 0.1) is 5.84 Å². The van der Waals surface area contributed by atoms with Gasteiger partial charge in [-0.15, -0.1) is 0 Å². The van der Waals surface area contributed by atoms with Crippen LogP contribution in [-0.2, 0) is 0 Å². The van der Waals surface area contributed by atoms with Gasteiger partial charge in [-0.3, -0.25) is 4.99 Å². The Bertz CT molecular complexity index is 132. The van der Waals surface area contributed by atoms with Gasteiger partial charge in [-0.2, -0.15) is 0 Å². The van der Waals surface area contributed by atoms with Crippen molar-refractivity contribution in [1.29, 1.82) is 0 Å². The van der Waals surface area contributed by atoms with Gasteiger partial charge < -0.3 is 10.2 Å². The lowest BCUT2D eigenvalue weighted by Crippen LogP contribution is -2.27. The topological polar surface area (TPSA) is 27.6 Å². The number of hydrogen-bond donors (Lipinski definition) is 1. The molecule has 0 bridgehead atoms. The third kappa shape index (κ3) is 5.13. The molecule has 3 nitrogen and oxygen atoms in total. The maximum atomic E-state index is 4.33. The molecule has 3 heteroatoms. The van der Waals surface area contributed by atoms with E-state index in [0.717, 1.165) is 25.5 Å². The first-order valence-electron chi connectivity index (χ1n) is 4.59. The summed E-state index contributed by atoms with van der Waals surface area (Å²) in [6.45, 7) is 7.15. The van der Waals surface area contributed by atoms with Crippen molar-refractivity contribution in [2.45, 2.75) is 20.3 Å². The Balaban J connectivity index is 3.56. The van der Waals surface area contributed by atoms with E-state index in [2.05, 4.69) is 36.1 Å². The first-order valence-corrected chi connectivity index (χ1v) is 4.59. The second kappa shape index (κ2) is 7.10. The SMILES string of the molecule is CCN=C(C)N(C)CCCNC. The summed E-state index contributed by atoms with van der Waals surface area (Å²) >= 11 is 0. The maximum absolute atomic E-state index is 4.33. The molecule has 0 saturated heterocycles. The van der Waals surface area contributed by atoms with Gasteiger partial charge in [-0.05, 0) is 33.9 Å². The zero-order valence-electron chi connectivity index (χ0n) is 8.72. The quantitative estimate of drug-likeness (QED) is 0.379. The van der Waals surface area contributed by atoms with Gasteiger partial charge in [0.1, 0.15) is 0 Å². The minimum Gasteiger partial charge on any atom is -0.364 e.